The van der Waals surface area contributed by atoms with Gasteiger partial charge in [0.15, 0.2) is 0 Å². The Hall–Kier alpha value is -1.11. The predicted octanol–water partition coefficient (Wildman–Crippen LogP) is 1.42. The van der Waals surface area contributed by atoms with Gasteiger partial charge in [-0.3, -0.25) is 0 Å². The predicted molar refractivity (Wildman–Crippen MR) is 78.9 cm³/mol. The van der Waals surface area contributed by atoms with Crippen LogP contribution in [0.3, 0.4) is 0 Å². The van der Waals surface area contributed by atoms with Crippen molar-refractivity contribution >= 4 is 15.7 Å². The number of anilines is 1. The summed E-state index contributed by atoms with van der Waals surface area (Å²) in [6.45, 7) is 6.00. The molecule has 0 saturated carbocycles. The van der Waals surface area contributed by atoms with Crippen LogP contribution in [0.25, 0.3) is 0 Å². The first kappa shape index (κ1) is 15.3. The summed E-state index contributed by atoms with van der Waals surface area (Å²) in [4.78, 5) is 0.205. The van der Waals surface area contributed by atoms with E-state index in [1.807, 2.05) is 20.8 Å². The summed E-state index contributed by atoms with van der Waals surface area (Å²) in [6, 6.07) is 3.13. The Morgan fingerprint density at radius 3 is 2.45 bits per heavy atom. The van der Waals surface area contributed by atoms with Crippen LogP contribution >= 0.6 is 0 Å². The minimum Gasteiger partial charge on any atom is -0.398 e. The number of β-amino-alcohol motifs (C(OH)–C–C–N with tert-alkyl or cyclic N) is 1. The summed E-state index contributed by atoms with van der Waals surface area (Å²) in [6.07, 6.45) is 1.45. The zero-order valence-electron chi connectivity index (χ0n) is 12.2. The number of nitrogens with two attached hydrogens (primary N) is 1. The first-order chi connectivity index (χ1) is 9.19. The summed E-state index contributed by atoms with van der Waals surface area (Å²) in [5, 5.41) is 10.1. The molecule has 1 saturated heterocycles. The molecule has 3 N–H and O–H groups in total. The van der Waals surface area contributed by atoms with Gasteiger partial charge in [0.1, 0.15) is 0 Å². The van der Waals surface area contributed by atoms with Crippen LogP contribution in [0, 0.1) is 13.8 Å². The van der Waals surface area contributed by atoms with Crippen LogP contribution in [0.4, 0.5) is 5.69 Å². The van der Waals surface area contributed by atoms with Gasteiger partial charge in [0.2, 0.25) is 10.0 Å². The van der Waals surface area contributed by atoms with Crippen molar-refractivity contribution < 1.29 is 13.5 Å². The molecule has 1 aliphatic heterocycles. The van der Waals surface area contributed by atoms with Crippen molar-refractivity contribution in [3.05, 3.63) is 23.3 Å². The second-order valence-electron chi connectivity index (χ2n) is 5.70. The van der Waals surface area contributed by atoms with E-state index in [1.165, 1.54) is 10.4 Å². The molecule has 20 heavy (non-hydrogen) atoms. The minimum absolute atomic E-state index is 0.163. The molecule has 0 bridgehead atoms. The lowest BCUT2D eigenvalue weighted by atomic mass is 9.92. The molecular formula is C14H22N2O3S. The third-order valence-corrected chi connectivity index (χ3v) is 5.74. The standard InChI is InChI=1S/C14H22N2O3S/c1-4-5-14(17)8-16(9-14)20(18,19)12-6-10(2)11(3)13(15)7-12/h6-7,17H,4-5,8-9,15H2,1-3H3. The highest BCUT2D eigenvalue weighted by molar-refractivity contribution is 7.89. The second-order valence-corrected chi connectivity index (χ2v) is 7.64. The molecule has 0 atom stereocenters. The molecule has 1 aromatic rings. The molecule has 5 nitrogen and oxygen atoms in total. The molecule has 1 aromatic carbocycles. The summed E-state index contributed by atoms with van der Waals surface area (Å²) < 4.78 is 26.3. The largest absolute Gasteiger partial charge is 0.398 e. The van der Waals surface area contributed by atoms with Crippen molar-refractivity contribution in [3.63, 3.8) is 0 Å². The number of sulfonamides is 1. The van der Waals surface area contributed by atoms with Crippen molar-refractivity contribution in [2.24, 2.45) is 0 Å². The molecule has 0 aliphatic carbocycles. The van der Waals surface area contributed by atoms with E-state index in [0.717, 1.165) is 17.5 Å². The van der Waals surface area contributed by atoms with E-state index in [2.05, 4.69) is 0 Å². The third-order valence-electron chi connectivity index (χ3n) is 3.98. The average Bonchev–Trinajstić information content (AvgIpc) is 2.32. The van der Waals surface area contributed by atoms with Crippen molar-refractivity contribution in [2.75, 3.05) is 18.8 Å². The van der Waals surface area contributed by atoms with Gasteiger partial charge < -0.3 is 10.8 Å². The van der Waals surface area contributed by atoms with Crippen LogP contribution in [0.1, 0.15) is 30.9 Å². The van der Waals surface area contributed by atoms with Gasteiger partial charge in [-0.15, -0.1) is 0 Å². The topological polar surface area (TPSA) is 83.6 Å². The highest BCUT2D eigenvalue weighted by Gasteiger charge is 2.46. The van der Waals surface area contributed by atoms with Crippen LogP contribution in [-0.2, 0) is 10.0 Å². The number of nitrogens with zero attached hydrogens (tertiary/aromatic N) is 1. The Balaban J connectivity index is 2.25. The molecular weight excluding hydrogens is 276 g/mol. The third kappa shape index (κ3) is 2.55. The second kappa shape index (κ2) is 5.02. The van der Waals surface area contributed by atoms with Gasteiger partial charge in [-0.05, 0) is 43.5 Å². The molecule has 112 valence electrons. The van der Waals surface area contributed by atoms with Crippen LogP contribution in [-0.4, -0.2) is 36.5 Å². The van der Waals surface area contributed by atoms with Crippen LogP contribution in [0.5, 0.6) is 0 Å². The number of aryl methyl sites for hydroxylation is 1. The van der Waals surface area contributed by atoms with Crippen LogP contribution in [0.2, 0.25) is 0 Å². The zero-order valence-corrected chi connectivity index (χ0v) is 13.0. The number of rotatable bonds is 4. The molecule has 2 rings (SSSR count). The van der Waals surface area contributed by atoms with Crippen molar-refractivity contribution in [1.29, 1.82) is 0 Å². The normalized spacial score (nSPS) is 18.8. The molecule has 0 aromatic heterocycles. The smallest absolute Gasteiger partial charge is 0.243 e. The van der Waals surface area contributed by atoms with E-state index < -0.39 is 15.6 Å². The zero-order chi connectivity index (χ0) is 15.1. The summed E-state index contributed by atoms with van der Waals surface area (Å²) in [5.41, 5.74) is 7.21. The Labute approximate surface area is 120 Å². The lowest BCUT2D eigenvalue weighted by Crippen LogP contribution is -2.63. The lowest BCUT2D eigenvalue weighted by Gasteiger charge is -2.45. The van der Waals surface area contributed by atoms with Crippen molar-refractivity contribution in [2.45, 2.75) is 44.1 Å². The fourth-order valence-corrected chi connectivity index (χ4v) is 4.27. The Bertz CT molecular complexity index is 596. The quantitative estimate of drug-likeness (QED) is 0.824. The van der Waals surface area contributed by atoms with Gasteiger partial charge in [-0.1, -0.05) is 13.3 Å². The molecule has 0 spiro atoms. The average molecular weight is 298 g/mol. The Morgan fingerprint density at radius 1 is 1.35 bits per heavy atom. The number of hydrogen-bond donors (Lipinski definition) is 2. The molecule has 0 radical (unpaired) electrons. The summed E-state index contributed by atoms with van der Waals surface area (Å²) >= 11 is 0. The maximum absolute atomic E-state index is 12.5. The number of aliphatic hydroxyl groups is 1. The molecule has 0 amide bonds. The number of nitrogen functional groups attached to an aromatic ring is 1. The monoisotopic (exact) mass is 298 g/mol. The van der Waals surface area contributed by atoms with E-state index in [-0.39, 0.29) is 18.0 Å². The van der Waals surface area contributed by atoms with E-state index >= 15 is 0 Å². The van der Waals surface area contributed by atoms with Crippen LogP contribution in [0.15, 0.2) is 17.0 Å². The first-order valence-corrected chi connectivity index (χ1v) is 8.23. The molecule has 6 heteroatoms. The molecule has 1 heterocycles. The van der Waals surface area contributed by atoms with Gasteiger partial charge in [0.05, 0.1) is 10.5 Å². The molecule has 1 fully saturated rings. The maximum Gasteiger partial charge on any atom is 0.243 e. The van der Waals surface area contributed by atoms with Crippen molar-refractivity contribution in [3.8, 4) is 0 Å². The van der Waals surface area contributed by atoms with Crippen LogP contribution < -0.4 is 5.73 Å². The number of hydrogen-bond acceptors (Lipinski definition) is 4. The fraction of sp³-hybridized carbons (Fsp3) is 0.571. The summed E-state index contributed by atoms with van der Waals surface area (Å²) in [5.74, 6) is 0. The van der Waals surface area contributed by atoms with Gasteiger partial charge in [0, 0.05) is 18.8 Å². The summed E-state index contributed by atoms with van der Waals surface area (Å²) in [7, 11) is -3.56. The van der Waals surface area contributed by atoms with E-state index in [0.29, 0.717) is 12.1 Å². The Morgan fingerprint density at radius 2 is 1.95 bits per heavy atom. The fourth-order valence-electron chi connectivity index (χ4n) is 2.55. The van der Waals surface area contributed by atoms with Gasteiger partial charge in [-0.25, -0.2) is 8.42 Å². The maximum atomic E-state index is 12.5. The minimum atomic E-state index is -3.56. The number of benzene rings is 1. The van der Waals surface area contributed by atoms with Crippen molar-refractivity contribution in [1.82, 2.24) is 4.31 Å². The van der Waals surface area contributed by atoms with Gasteiger partial charge in [-0.2, -0.15) is 4.31 Å². The molecule has 0 unspecified atom stereocenters. The SMILES string of the molecule is CCCC1(O)CN(S(=O)(=O)c2cc(C)c(C)c(N)c2)C1. The first-order valence-electron chi connectivity index (χ1n) is 6.79. The van der Waals surface area contributed by atoms with Gasteiger partial charge in [0.25, 0.3) is 0 Å². The highest BCUT2D eigenvalue weighted by Crippen LogP contribution is 2.32. The van der Waals surface area contributed by atoms with Gasteiger partial charge >= 0.3 is 0 Å². The van der Waals surface area contributed by atoms with E-state index in [4.69, 9.17) is 5.73 Å². The molecule has 1 aliphatic rings. The van der Waals surface area contributed by atoms with E-state index in [9.17, 15) is 13.5 Å². The highest BCUT2D eigenvalue weighted by atomic mass is 32.2. The Kier molecular flexibility index (Phi) is 3.83. The lowest BCUT2D eigenvalue weighted by molar-refractivity contribution is -0.0653. The van der Waals surface area contributed by atoms with E-state index in [1.54, 1.807) is 6.07 Å².